The molecular weight excluding hydrogens is 716 g/mol. The summed E-state index contributed by atoms with van der Waals surface area (Å²) in [5, 5.41) is 3.06. The zero-order valence-corrected chi connectivity index (χ0v) is 29.7. The van der Waals surface area contributed by atoms with E-state index in [0.717, 1.165) is 71.2 Å². The second-order valence-electron chi connectivity index (χ2n) is 13.0. The van der Waals surface area contributed by atoms with Crippen molar-refractivity contribution in [3.63, 3.8) is 0 Å². The number of piperidine rings is 2. The number of halogens is 2. The molecule has 0 radical (unpaired) electrons. The number of fused-ring (bicyclic) bond motifs is 1. The molecule has 2 aromatic carbocycles. The highest BCUT2D eigenvalue weighted by atomic mass is 79.9. The Hall–Kier alpha value is -2.67. The number of nitrogens with zero attached hydrogens (tertiary/aromatic N) is 5. The summed E-state index contributed by atoms with van der Waals surface area (Å²) in [5.41, 5.74) is 2.92. The van der Waals surface area contributed by atoms with Gasteiger partial charge in [-0.25, -0.2) is 9.59 Å². The molecule has 3 fully saturated rings. The molecule has 248 valence electrons. The van der Waals surface area contributed by atoms with Gasteiger partial charge >= 0.3 is 12.1 Å². The number of nitrogens with one attached hydrogen (secondary N) is 1. The Balaban J connectivity index is 1.07. The molecule has 0 spiro atoms. The number of para-hydroxylation sites is 1. The molecule has 3 saturated heterocycles. The van der Waals surface area contributed by atoms with E-state index in [-0.39, 0.29) is 18.0 Å². The van der Waals surface area contributed by atoms with Crippen LogP contribution >= 0.6 is 31.9 Å². The monoisotopic (exact) mass is 758 g/mol. The van der Waals surface area contributed by atoms with Crippen LogP contribution in [0, 0.1) is 0 Å². The van der Waals surface area contributed by atoms with E-state index < -0.39 is 12.2 Å². The van der Waals surface area contributed by atoms with Crippen LogP contribution in [0.2, 0.25) is 0 Å². The van der Waals surface area contributed by atoms with Gasteiger partial charge in [0.05, 0.1) is 0 Å². The number of benzene rings is 2. The molecule has 46 heavy (non-hydrogen) atoms. The Morgan fingerprint density at radius 3 is 2.26 bits per heavy atom. The van der Waals surface area contributed by atoms with E-state index in [1.54, 1.807) is 4.90 Å². The molecule has 10 nitrogen and oxygen atoms in total. The Labute approximate surface area is 288 Å². The van der Waals surface area contributed by atoms with Gasteiger partial charge < -0.3 is 29.7 Å². The molecule has 12 heteroatoms. The zero-order valence-electron chi connectivity index (χ0n) is 26.5. The first-order valence-corrected chi connectivity index (χ1v) is 18.1. The van der Waals surface area contributed by atoms with E-state index in [1.807, 2.05) is 46.2 Å². The minimum absolute atomic E-state index is 0.0387. The number of carbonyl (C=O) groups is 3. The third-order valence-corrected chi connectivity index (χ3v) is 11.9. The number of carbonyl (C=O) groups excluding carboxylic acids is 3. The third-order valence-electron chi connectivity index (χ3n) is 10.1. The predicted molar refractivity (Wildman–Crippen MR) is 185 cm³/mol. The second kappa shape index (κ2) is 15.0. The van der Waals surface area contributed by atoms with Crippen molar-refractivity contribution in [2.75, 3.05) is 71.3 Å². The molecule has 1 atom stereocenters. The van der Waals surface area contributed by atoms with Gasteiger partial charge in [-0.1, -0.05) is 24.3 Å². The standard InChI is InChI=1S/C34H44Br2N6O4/c1-38-13-9-26(10-14-38)39-18-20-40(21-19-39)32(43)31(23-24-6-7-28(35)29(36)22-24)46-34(45)41-15-11-27(12-16-41)42-17-8-25-4-2-3-5-30(25)37-33(42)44/h2-7,22,26-27,31H,8-21,23H2,1H3,(H,37,44). The summed E-state index contributed by atoms with van der Waals surface area (Å²) in [6, 6.07) is 14.3. The minimum Gasteiger partial charge on any atom is -0.436 e. The zero-order chi connectivity index (χ0) is 32.2. The summed E-state index contributed by atoms with van der Waals surface area (Å²) in [5.74, 6) is -0.133. The minimum atomic E-state index is -0.914. The van der Waals surface area contributed by atoms with E-state index >= 15 is 0 Å². The molecule has 4 amide bonds. The lowest BCUT2D eigenvalue weighted by atomic mass is 10.0. The van der Waals surface area contributed by atoms with Gasteiger partial charge in [-0.05, 0) is 113 Å². The number of hydrogen-bond donors (Lipinski definition) is 1. The molecular formula is C34H44Br2N6O4. The highest BCUT2D eigenvalue weighted by Crippen LogP contribution is 2.27. The summed E-state index contributed by atoms with van der Waals surface area (Å²) < 4.78 is 7.86. The highest BCUT2D eigenvalue weighted by Gasteiger charge is 2.36. The van der Waals surface area contributed by atoms with Crippen LogP contribution < -0.4 is 5.32 Å². The molecule has 4 aliphatic rings. The highest BCUT2D eigenvalue weighted by molar-refractivity contribution is 9.13. The lowest BCUT2D eigenvalue weighted by Gasteiger charge is -2.42. The first-order valence-electron chi connectivity index (χ1n) is 16.5. The van der Waals surface area contributed by atoms with Crippen LogP contribution in [0.5, 0.6) is 0 Å². The molecule has 2 aromatic rings. The second-order valence-corrected chi connectivity index (χ2v) is 14.7. The van der Waals surface area contributed by atoms with Crippen molar-refractivity contribution in [1.29, 1.82) is 0 Å². The summed E-state index contributed by atoms with van der Waals surface area (Å²) in [6.45, 7) is 6.76. The van der Waals surface area contributed by atoms with Gasteiger partial charge in [-0.15, -0.1) is 0 Å². The number of urea groups is 1. The van der Waals surface area contributed by atoms with Crippen molar-refractivity contribution in [2.45, 2.75) is 56.7 Å². The van der Waals surface area contributed by atoms with E-state index in [1.165, 1.54) is 0 Å². The SMILES string of the molecule is CN1CCC(N2CCN(C(=O)C(Cc3ccc(Br)c(Br)c3)OC(=O)N3CCC(N4CCc5ccccc5NC4=O)CC3)CC2)CC1. The van der Waals surface area contributed by atoms with Crippen molar-refractivity contribution in [2.24, 2.45) is 0 Å². The van der Waals surface area contributed by atoms with E-state index in [9.17, 15) is 14.4 Å². The number of ether oxygens (including phenoxy) is 1. The fourth-order valence-electron chi connectivity index (χ4n) is 7.23. The maximum atomic E-state index is 14.0. The van der Waals surface area contributed by atoms with Crippen molar-refractivity contribution < 1.29 is 19.1 Å². The van der Waals surface area contributed by atoms with Crippen molar-refractivity contribution in [3.05, 3.63) is 62.5 Å². The van der Waals surface area contributed by atoms with Gasteiger partial charge in [0.2, 0.25) is 0 Å². The van der Waals surface area contributed by atoms with E-state index in [0.29, 0.717) is 58.0 Å². The number of rotatable bonds is 6. The maximum Gasteiger partial charge on any atom is 0.410 e. The molecule has 4 heterocycles. The van der Waals surface area contributed by atoms with Crippen LogP contribution in [0.3, 0.4) is 0 Å². The van der Waals surface area contributed by atoms with Crippen LogP contribution in [0.1, 0.15) is 36.8 Å². The normalized spacial score (nSPS) is 21.4. The molecule has 1 unspecified atom stereocenters. The first kappa shape index (κ1) is 33.2. The Morgan fingerprint density at radius 2 is 1.54 bits per heavy atom. The average molecular weight is 761 g/mol. The molecule has 0 bridgehead atoms. The number of amides is 4. The fourth-order valence-corrected chi connectivity index (χ4v) is 7.90. The molecule has 6 rings (SSSR count). The van der Waals surface area contributed by atoms with Gasteiger partial charge in [0, 0.05) is 79.0 Å². The largest absolute Gasteiger partial charge is 0.436 e. The van der Waals surface area contributed by atoms with Crippen LogP contribution in [-0.2, 0) is 22.4 Å². The van der Waals surface area contributed by atoms with Gasteiger partial charge in [0.25, 0.3) is 5.91 Å². The molecule has 1 N–H and O–H groups in total. The van der Waals surface area contributed by atoms with E-state index in [2.05, 4.69) is 60.1 Å². The fraction of sp³-hybridized carbons (Fsp3) is 0.559. The van der Waals surface area contributed by atoms with Crippen molar-refractivity contribution in [3.8, 4) is 0 Å². The number of likely N-dealkylation sites (tertiary alicyclic amines) is 2. The summed E-state index contributed by atoms with van der Waals surface area (Å²) >= 11 is 7.09. The smallest absolute Gasteiger partial charge is 0.410 e. The van der Waals surface area contributed by atoms with Crippen molar-refractivity contribution in [1.82, 2.24) is 24.5 Å². The van der Waals surface area contributed by atoms with Crippen LogP contribution in [0.4, 0.5) is 15.3 Å². The molecule has 0 aromatic heterocycles. The quantitative estimate of drug-likeness (QED) is 0.444. The Bertz CT molecular complexity index is 1400. The van der Waals surface area contributed by atoms with E-state index in [4.69, 9.17) is 4.74 Å². The molecule has 0 aliphatic carbocycles. The Morgan fingerprint density at radius 1 is 0.848 bits per heavy atom. The third kappa shape index (κ3) is 7.89. The maximum absolute atomic E-state index is 14.0. The molecule has 0 saturated carbocycles. The number of anilines is 1. The predicted octanol–water partition coefficient (Wildman–Crippen LogP) is 5.05. The lowest BCUT2D eigenvalue weighted by Crippen LogP contribution is -2.56. The Kier molecular flexibility index (Phi) is 10.9. The van der Waals surface area contributed by atoms with Gasteiger partial charge in [-0.2, -0.15) is 0 Å². The van der Waals surface area contributed by atoms with Crippen LogP contribution in [0.25, 0.3) is 0 Å². The van der Waals surface area contributed by atoms with Crippen molar-refractivity contribution >= 4 is 55.6 Å². The van der Waals surface area contributed by atoms with Gasteiger partial charge in [0.1, 0.15) is 0 Å². The topological polar surface area (TPSA) is 88.7 Å². The number of piperazine rings is 1. The summed E-state index contributed by atoms with van der Waals surface area (Å²) in [7, 11) is 2.17. The lowest BCUT2D eigenvalue weighted by molar-refractivity contribution is -0.143. The summed E-state index contributed by atoms with van der Waals surface area (Å²) in [4.78, 5) is 50.9. The first-order chi connectivity index (χ1) is 22.2. The van der Waals surface area contributed by atoms with Crippen LogP contribution in [0.15, 0.2) is 51.4 Å². The van der Waals surface area contributed by atoms with Gasteiger partial charge in [0.15, 0.2) is 6.10 Å². The van der Waals surface area contributed by atoms with Crippen LogP contribution in [-0.4, -0.2) is 127 Å². The number of hydrogen-bond acceptors (Lipinski definition) is 6. The average Bonchev–Trinajstić information content (AvgIpc) is 3.24. The summed E-state index contributed by atoms with van der Waals surface area (Å²) in [6.07, 6.45) is 3.36. The molecule has 4 aliphatic heterocycles. The van der Waals surface area contributed by atoms with Gasteiger partial charge in [-0.3, -0.25) is 9.69 Å².